The molecule has 0 spiro atoms. The number of nitrogens with zero attached hydrogens (tertiary/aromatic N) is 1. The zero-order chi connectivity index (χ0) is 14.8. The number of benzene rings is 1. The predicted octanol–water partition coefficient (Wildman–Crippen LogP) is 2.47. The van der Waals surface area contributed by atoms with E-state index in [9.17, 15) is 8.42 Å². The Hall–Kier alpha value is -1.33. The molecule has 1 aromatic carbocycles. The molecule has 0 aliphatic rings. The van der Waals surface area contributed by atoms with E-state index in [1.54, 1.807) is 26.0 Å². The highest BCUT2D eigenvalue weighted by atomic mass is 32.2. The van der Waals surface area contributed by atoms with Gasteiger partial charge >= 0.3 is 0 Å². The van der Waals surface area contributed by atoms with Gasteiger partial charge in [0.15, 0.2) is 0 Å². The quantitative estimate of drug-likeness (QED) is 0.666. The van der Waals surface area contributed by atoms with Gasteiger partial charge in [-0.3, -0.25) is 0 Å². The summed E-state index contributed by atoms with van der Waals surface area (Å²) in [6.07, 6.45) is 1.58. The molecule has 4 nitrogen and oxygen atoms in total. The standard InChI is InChI=1S/C14H22N2O2S/c1-6-9-16(10(2)3)19(17,18)14-12(5)8-7-11(4)13(14)15/h6-8,10H,1,9,15H2,2-5H3. The lowest BCUT2D eigenvalue weighted by atomic mass is 10.1. The van der Waals surface area contributed by atoms with Crippen LogP contribution in [0.25, 0.3) is 0 Å². The number of sulfonamides is 1. The monoisotopic (exact) mass is 282 g/mol. The summed E-state index contributed by atoms with van der Waals surface area (Å²) >= 11 is 0. The van der Waals surface area contributed by atoms with E-state index < -0.39 is 10.0 Å². The first-order valence-electron chi connectivity index (χ1n) is 6.22. The van der Waals surface area contributed by atoms with Gasteiger partial charge in [-0.1, -0.05) is 18.2 Å². The average Bonchev–Trinajstić information content (AvgIpc) is 2.30. The Morgan fingerprint density at radius 3 is 2.32 bits per heavy atom. The number of hydrogen-bond donors (Lipinski definition) is 1. The van der Waals surface area contributed by atoms with Gasteiger partial charge in [0.2, 0.25) is 10.0 Å². The fourth-order valence-corrected chi connectivity index (χ4v) is 3.99. The van der Waals surface area contributed by atoms with Gasteiger partial charge in [-0.15, -0.1) is 6.58 Å². The van der Waals surface area contributed by atoms with Gasteiger partial charge in [0.1, 0.15) is 4.90 Å². The molecular weight excluding hydrogens is 260 g/mol. The maximum atomic E-state index is 12.8. The first-order chi connectivity index (χ1) is 8.73. The molecule has 1 aromatic rings. The van der Waals surface area contributed by atoms with E-state index in [1.165, 1.54) is 4.31 Å². The van der Waals surface area contributed by atoms with Gasteiger partial charge in [-0.05, 0) is 38.8 Å². The first kappa shape index (κ1) is 15.7. The van der Waals surface area contributed by atoms with E-state index in [2.05, 4.69) is 6.58 Å². The van der Waals surface area contributed by atoms with Crippen LogP contribution in [0.4, 0.5) is 5.69 Å². The van der Waals surface area contributed by atoms with Crippen molar-refractivity contribution in [3.05, 3.63) is 35.9 Å². The van der Waals surface area contributed by atoms with Crippen LogP contribution in [0.5, 0.6) is 0 Å². The molecule has 0 aromatic heterocycles. The number of nitrogens with two attached hydrogens (primary N) is 1. The SMILES string of the molecule is C=CCN(C(C)C)S(=O)(=O)c1c(C)ccc(C)c1N. The highest BCUT2D eigenvalue weighted by molar-refractivity contribution is 7.89. The lowest BCUT2D eigenvalue weighted by molar-refractivity contribution is 0.383. The van der Waals surface area contributed by atoms with Gasteiger partial charge in [0.05, 0.1) is 5.69 Å². The second-order valence-corrected chi connectivity index (χ2v) is 6.73. The minimum atomic E-state index is -3.61. The molecule has 0 saturated carbocycles. The highest BCUT2D eigenvalue weighted by Gasteiger charge is 2.29. The van der Waals surface area contributed by atoms with Crippen molar-refractivity contribution in [1.82, 2.24) is 4.31 Å². The predicted molar refractivity (Wildman–Crippen MR) is 79.6 cm³/mol. The molecule has 0 saturated heterocycles. The molecule has 0 unspecified atom stereocenters. The fraction of sp³-hybridized carbons (Fsp3) is 0.429. The van der Waals surface area contributed by atoms with Gasteiger partial charge in [-0.25, -0.2) is 8.42 Å². The molecule has 5 heteroatoms. The van der Waals surface area contributed by atoms with E-state index in [1.807, 2.05) is 19.9 Å². The van der Waals surface area contributed by atoms with Gasteiger partial charge in [0, 0.05) is 12.6 Å². The Morgan fingerprint density at radius 1 is 1.32 bits per heavy atom. The summed E-state index contributed by atoms with van der Waals surface area (Å²) in [6.45, 7) is 11.1. The summed E-state index contributed by atoms with van der Waals surface area (Å²) in [4.78, 5) is 0.211. The van der Waals surface area contributed by atoms with Crippen molar-refractivity contribution in [3.63, 3.8) is 0 Å². The molecular formula is C14H22N2O2S. The Kier molecular flexibility index (Phi) is 4.76. The van der Waals surface area contributed by atoms with Gasteiger partial charge in [-0.2, -0.15) is 4.31 Å². The van der Waals surface area contributed by atoms with Crippen molar-refractivity contribution in [2.24, 2.45) is 0 Å². The summed E-state index contributed by atoms with van der Waals surface area (Å²) < 4.78 is 26.9. The molecule has 0 atom stereocenters. The smallest absolute Gasteiger partial charge is 0.245 e. The van der Waals surface area contributed by atoms with Crippen LogP contribution in [0.15, 0.2) is 29.7 Å². The third-order valence-electron chi connectivity index (χ3n) is 3.06. The molecule has 0 heterocycles. The molecule has 1 rings (SSSR count). The first-order valence-corrected chi connectivity index (χ1v) is 7.66. The number of nitrogen functional groups attached to an aromatic ring is 1. The maximum absolute atomic E-state index is 12.8. The van der Waals surface area contributed by atoms with Crippen LogP contribution in [0, 0.1) is 13.8 Å². The summed E-state index contributed by atoms with van der Waals surface area (Å²) in [5.74, 6) is 0. The molecule has 106 valence electrons. The van der Waals surface area contributed by atoms with Crippen LogP contribution in [0.1, 0.15) is 25.0 Å². The zero-order valence-corrected chi connectivity index (χ0v) is 12.8. The molecule has 19 heavy (non-hydrogen) atoms. The van der Waals surface area contributed by atoms with Gasteiger partial charge < -0.3 is 5.73 Å². The van der Waals surface area contributed by atoms with E-state index >= 15 is 0 Å². The number of hydrogen-bond acceptors (Lipinski definition) is 3. The van der Waals surface area contributed by atoms with E-state index in [0.29, 0.717) is 11.3 Å². The van der Waals surface area contributed by atoms with Crippen LogP contribution in [-0.2, 0) is 10.0 Å². The number of rotatable bonds is 5. The zero-order valence-electron chi connectivity index (χ0n) is 12.0. The third kappa shape index (κ3) is 2.98. The van der Waals surface area contributed by atoms with Crippen LogP contribution in [-0.4, -0.2) is 25.3 Å². The third-order valence-corrected chi connectivity index (χ3v) is 5.31. The van der Waals surface area contributed by atoms with Crippen molar-refractivity contribution < 1.29 is 8.42 Å². The second kappa shape index (κ2) is 5.75. The van der Waals surface area contributed by atoms with Crippen molar-refractivity contribution >= 4 is 15.7 Å². The van der Waals surface area contributed by atoms with Crippen molar-refractivity contribution in [2.45, 2.75) is 38.6 Å². The van der Waals surface area contributed by atoms with Crippen LogP contribution >= 0.6 is 0 Å². The van der Waals surface area contributed by atoms with Crippen molar-refractivity contribution in [1.29, 1.82) is 0 Å². The summed E-state index contributed by atoms with van der Waals surface area (Å²) in [7, 11) is -3.61. The average molecular weight is 282 g/mol. The fourth-order valence-electron chi connectivity index (χ4n) is 1.98. The summed E-state index contributed by atoms with van der Waals surface area (Å²) in [5, 5.41) is 0. The highest BCUT2D eigenvalue weighted by Crippen LogP contribution is 2.29. The molecule has 0 amide bonds. The molecule has 0 aliphatic heterocycles. The number of anilines is 1. The van der Waals surface area contributed by atoms with Crippen LogP contribution in [0.2, 0.25) is 0 Å². The van der Waals surface area contributed by atoms with Crippen LogP contribution < -0.4 is 5.73 Å². The minimum Gasteiger partial charge on any atom is -0.397 e. The summed E-state index contributed by atoms with van der Waals surface area (Å²) in [6, 6.07) is 3.46. The largest absolute Gasteiger partial charge is 0.397 e. The van der Waals surface area contributed by atoms with Crippen molar-refractivity contribution in [2.75, 3.05) is 12.3 Å². The Bertz CT molecular complexity index is 577. The Balaban J connectivity index is 3.50. The second-order valence-electron chi connectivity index (χ2n) is 4.90. The topological polar surface area (TPSA) is 63.4 Å². The minimum absolute atomic E-state index is 0.151. The lowest BCUT2D eigenvalue weighted by Gasteiger charge is -2.26. The lowest BCUT2D eigenvalue weighted by Crippen LogP contribution is -2.37. The Morgan fingerprint density at radius 2 is 1.84 bits per heavy atom. The molecule has 0 bridgehead atoms. The molecule has 0 fully saturated rings. The normalized spacial score (nSPS) is 12.1. The molecule has 0 aliphatic carbocycles. The molecule has 2 N–H and O–H groups in total. The summed E-state index contributed by atoms with van der Waals surface area (Å²) in [5.41, 5.74) is 7.73. The maximum Gasteiger partial charge on any atom is 0.245 e. The van der Waals surface area contributed by atoms with E-state index in [0.717, 1.165) is 5.56 Å². The molecule has 0 radical (unpaired) electrons. The van der Waals surface area contributed by atoms with Gasteiger partial charge in [0.25, 0.3) is 0 Å². The van der Waals surface area contributed by atoms with E-state index in [-0.39, 0.29) is 17.5 Å². The van der Waals surface area contributed by atoms with Crippen molar-refractivity contribution in [3.8, 4) is 0 Å². The Labute approximate surface area is 116 Å². The number of aryl methyl sites for hydroxylation is 2. The van der Waals surface area contributed by atoms with Crippen LogP contribution in [0.3, 0.4) is 0 Å². The van der Waals surface area contributed by atoms with E-state index in [4.69, 9.17) is 5.73 Å².